The molecule has 0 saturated heterocycles. The summed E-state index contributed by atoms with van der Waals surface area (Å²) in [7, 11) is 0. The van der Waals surface area contributed by atoms with Gasteiger partial charge in [0.15, 0.2) is 0 Å². The SMILES string of the molecule is CCOc1ccc(OC(=O)CSCCC(C)N)cc1. The lowest BCUT2D eigenvalue weighted by Gasteiger charge is -2.07. The van der Waals surface area contributed by atoms with Gasteiger partial charge in [-0.1, -0.05) is 0 Å². The van der Waals surface area contributed by atoms with E-state index in [9.17, 15) is 4.79 Å². The van der Waals surface area contributed by atoms with E-state index in [4.69, 9.17) is 15.2 Å². The highest BCUT2D eigenvalue weighted by Crippen LogP contribution is 2.18. The molecule has 0 heterocycles. The molecule has 19 heavy (non-hydrogen) atoms. The van der Waals surface area contributed by atoms with Crippen molar-refractivity contribution in [3.63, 3.8) is 0 Å². The summed E-state index contributed by atoms with van der Waals surface area (Å²) in [6, 6.07) is 7.21. The Morgan fingerprint density at radius 2 is 1.95 bits per heavy atom. The number of thioether (sulfide) groups is 1. The van der Waals surface area contributed by atoms with Gasteiger partial charge in [-0.3, -0.25) is 4.79 Å². The Morgan fingerprint density at radius 1 is 1.32 bits per heavy atom. The van der Waals surface area contributed by atoms with Crippen molar-refractivity contribution in [2.75, 3.05) is 18.1 Å². The van der Waals surface area contributed by atoms with Crippen LogP contribution in [0, 0.1) is 0 Å². The number of carbonyl (C=O) groups is 1. The van der Waals surface area contributed by atoms with Crippen molar-refractivity contribution in [1.82, 2.24) is 0 Å². The molecule has 4 nitrogen and oxygen atoms in total. The van der Waals surface area contributed by atoms with Crippen LogP contribution in [-0.4, -0.2) is 30.1 Å². The Labute approximate surface area is 118 Å². The molecule has 0 fully saturated rings. The van der Waals surface area contributed by atoms with Crippen LogP contribution in [0.15, 0.2) is 24.3 Å². The van der Waals surface area contributed by atoms with Crippen LogP contribution in [0.25, 0.3) is 0 Å². The van der Waals surface area contributed by atoms with Crippen LogP contribution in [0.5, 0.6) is 11.5 Å². The standard InChI is InChI=1S/C14H21NO3S/c1-3-17-12-4-6-13(7-5-12)18-14(16)10-19-9-8-11(2)15/h4-7,11H,3,8-10,15H2,1-2H3. The van der Waals surface area contributed by atoms with Gasteiger partial charge < -0.3 is 15.2 Å². The van der Waals surface area contributed by atoms with E-state index < -0.39 is 0 Å². The fourth-order valence-electron chi connectivity index (χ4n) is 1.36. The molecule has 0 aliphatic rings. The second kappa shape index (κ2) is 8.82. The Kier molecular flexibility index (Phi) is 7.36. The summed E-state index contributed by atoms with van der Waals surface area (Å²) >= 11 is 1.54. The lowest BCUT2D eigenvalue weighted by atomic mass is 10.3. The summed E-state index contributed by atoms with van der Waals surface area (Å²) in [4.78, 5) is 11.6. The van der Waals surface area contributed by atoms with Gasteiger partial charge >= 0.3 is 5.97 Å². The summed E-state index contributed by atoms with van der Waals surface area (Å²) < 4.78 is 10.5. The molecule has 0 aromatic heterocycles. The van der Waals surface area contributed by atoms with Crippen molar-refractivity contribution in [1.29, 1.82) is 0 Å². The Balaban J connectivity index is 2.27. The highest BCUT2D eigenvalue weighted by atomic mass is 32.2. The van der Waals surface area contributed by atoms with E-state index in [1.807, 2.05) is 13.8 Å². The maximum absolute atomic E-state index is 11.6. The maximum atomic E-state index is 11.6. The Morgan fingerprint density at radius 3 is 2.53 bits per heavy atom. The van der Waals surface area contributed by atoms with Crippen molar-refractivity contribution < 1.29 is 14.3 Å². The van der Waals surface area contributed by atoms with Crippen molar-refractivity contribution in [2.45, 2.75) is 26.3 Å². The molecule has 2 N–H and O–H groups in total. The van der Waals surface area contributed by atoms with Crippen LogP contribution in [0.2, 0.25) is 0 Å². The zero-order valence-corrected chi connectivity index (χ0v) is 12.2. The van der Waals surface area contributed by atoms with Crippen molar-refractivity contribution >= 4 is 17.7 Å². The molecule has 0 spiro atoms. The Hall–Kier alpha value is -1.20. The molecule has 0 saturated carbocycles. The summed E-state index contributed by atoms with van der Waals surface area (Å²) in [5.41, 5.74) is 5.63. The van der Waals surface area contributed by atoms with E-state index in [0.29, 0.717) is 18.1 Å². The quantitative estimate of drug-likeness (QED) is 0.451. The normalized spacial score (nSPS) is 11.9. The van der Waals surface area contributed by atoms with Gasteiger partial charge in [0.1, 0.15) is 11.5 Å². The third kappa shape index (κ3) is 7.08. The third-order valence-corrected chi connectivity index (χ3v) is 3.27. The molecule has 5 heteroatoms. The first kappa shape index (κ1) is 15.9. The molecular weight excluding hydrogens is 262 g/mol. The highest BCUT2D eigenvalue weighted by Gasteiger charge is 2.05. The highest BCUT2D eigenvalue weighted by molar-refractivity contribution is 7.99. The van der Waals surface area contributed by atoms with Crippen molar-refractivity contribution in [2.24, 2.45) is 5.73 Å². The van der Waals surface area contributed by atoms with E-state index in [1.54, 1.807) is 36.0 Å². The molecule has 1 aromatic carbocycles. The Bertz CT molecular complexity index is 379. The van der Waals surface area contributed by atoms with E-state index in [1.165, 1.54) is 0 Å². The van der Waals surface area contributed by atoms with Gasteiger partial charge in [-0.25, -0.2) is 0 Å². The fourth-order valence-corrected chi connectivity index (χ4v) is 2.26. The smallest absolute Gasteiger partial charge is 0.321 e. The van der Waals surface area contributed by atoms with Gasteiger partial charge in [-0.2, -0.15) is 11.8 Å². The number of nitrogens with two attached hydrogens (primary N) is 1. The minimum Gasteiger partial charge on any atom is -0.494 e. The fraction of sp³-hybridized carbons (Fsp3) is 0.500. The second-order valence-corrected chi connectivity index (χ2v) is 5.30. The third-order valence-electron chi connectivity index (χ3n) is 2.30. The predicted molar refractivity (Wildman–Crippen MR) is 78.8 cm³/mol. The number of hydrogen-bond acceptors (Lipinski definition) is 5. The van der Waals surface area contributed by atoms with E-state index >= 15 is 0 Å². The predicted octanol–water partition coefficient (Wildman–Crippen LogP) is 2.46. The molecule has 1 aromatic rings. The minimum absolute atomic E-state index is 0.176. The molecule has 0 radical (unpaired) electrons. The zero-order chi connectivity index (χ0) is 14.1. The number of ether oxygens (including phenoxy) is 2. The summed E-state index contributed by atoms with van der Waals surface area (Å²) in [6.07, 6.45) is 0.904. The van der Waals surface area contributed by atoms with Crippen LogP contribution in [0.3, 0.4) is 0 Å². The van der Waals surface area contributed by atoms with E-state index in [2.05, 4.69) is 0 Å². The largest absolute Gasteiger partial charge is 0.494 e. The van der Waals surface area contributed by atoms with Crippen LogP contribution >= 0.6 is 11.8 Å². The maximum Gasteiger partial charge on any atom is 0.321 e. The van der Waals surface area contributed by atoms with Crippen molar-refractivity contribution in [3.8, 4) is 11.5 Å². The molecule has 0 aliphatic heterocycles. The number of carbonyl (C=O) groups excluding carboxylic acids is 1. The summed E-state index contributed by atoms with van der Waals surface area (Å²) in [5.74, 6) is 2.30. The molecule has 1 rings (SSSR count). The molecule has 1 atom stereocenters. The average Bonchev–Trinajstić information content (AvgIpc) is 2.37. The van der Waals surface area contributed by atoms with Gasteiger partial charge in [-0.05, 0) is 50.3 Å². The van der Waals surface area contributed by atoms with Gasteiger partial charge in [0.05, 0.1) is 12.4 Å². The monoisotopic (exact) mass is 283 g/mol. The van der Waals surface area contributed by atoms with E-state index in [-0.39, 0.29) is 12.0 Å². The molecule has 1 unspecified atom stereocenters. The van der Waals surface area contributed by atoms with Gasteiger partial charge in [-0.15, -0.1) is 0 Å². The van der Waals surface area contributed by atoms with Gasteiger partial charge in [0.25, 0.3) is 0 Å². The number of benzene rings is 1. The van der Waals surface area contributed by atoms with Crippen molar-refractivity contribution in [3.05, 3.63) is 24.3 Å². The zero-order valence-electron chi connectivity index (χ0n) is 11.4. The lowest BCUT2D eigenvalue weighted by Crippen LogP contribution is -2.16. The van der Waals surface area contributed by atoms with Crippen LogP contribution < -0.4 is 15.2 Å². The first-order valence-electron chi connectivity index (χ1n) is 6.38. The number of hydrogen-bond donors (Lipinski definition) is 1. The molecular formula is C14H21NO3S. The topological polar surface area (TPSA) is 61.5 Å². The van der Waals surface area contributed by atoms with Gasteiger partial charge in [0, 0.05) is 6.04 Å². The molecule has 0 amide bonds. The second-order valence-electron chi connectivity index (χ2n) is 4.20. The van der Waals surface area contributed by atoms with Crippen LogP contribution in [0.1, 0.15) is 20.3 Å². The number of rotatable bonds is 8. The molecule has 106 valence electrons. The summed E-state index contributed by atoms with van der Waals surface area (Å²) in [6.45, 7) is 4.50. The average molecular weight is 283 g/mol. The first-order chi connectivity index (χ1) is 9.11. The number of esters is 1. The summed E-state index contributed by atoms with van der Waals surface area (Å²) in [5, 5.41) is 0. The van der Waals surface area contributed by atoms with Gasteiger partial charge in [0.2, 0.25) is 0 Å². The minimum atomic E-state index is -0.237. The first-order valence-corrected chi connectivity index (χ1v) is 7.54. The molecule has 0 aliphatic carbocycles. The molecule has 0 bridgehead atoms. The van der Waals surface area contributed by atoms with E-state index in [0.717, 1.165) is 17.9 Å². The lowest BCUT2D eigenvalue weighted by molar-refractivity contribution is -0.131. The van der Waals surface area contributed by atoms with Crippen LogP contribution in [-0.2, 0) is 4.79 Å². The van der Waals surface area contributed by atoms with Crippen LogP contribution in [0.4, 0.5) is 0 Å².